The molecule has 0 heterocycles. The van der Waals surface area contributed by atoms with Crippen LogP contribution < -0.4 is 4.90 Å². The molecule has 0 atom stereocenters. The Kier molecular flexibility index (Phi) is 5.58. The van der Waals surface area contributed by atoms with Gasteiger partial charge in [-0.25, -0.2) is 0 Å². The van der Waals surface area contributed by atoms with Gasteiger partial charge in [-0.15, -0.1) is 11.8 Å². The van der Waals surface area contributed by atoms with E-state index in [-0.39, 0.29) is 0 Å². The Morgan fingerprint density at radius 3 is 2.40 bits per heavy atom. The van der Waals surface area contributed by atoms with E-state index in [2.05, 4.69) is 42.5 Å². The van der Waals surface area contributed by atoms with Gasteiger partial charge in [-0.2, -0.15) is 0 Å². The molecule has 3 heteroatoms. The van der Waals surface area contributed by atoms with Gasteiger partial charge < -0.3 is 10.0 Å². The molecule has 0 saturated heterocycles. The van der Waals surface area contributed by atoms with Crippen LogP contribution in [-0.4, -0.2) is 31.6 Å². The Morgan fingerprint density at radius 1 is 1.20 bits per heavy atom. The van der Waals surface area contributed by atoms with E-state index < -0.39 is 0 Å². The summed E-state index contributed by atoms with van der Waals surface area (Å²) in [6.45, 7) is 1.29. The normalized spacial score (nSPS) is 10.3. The molecule has 1 aromatic carbocycles. The molecule has 0 radical (unpaired) electrons. The van der Waals surface area contributed by atoms with Crippen molar-refractivity contribution in [1.82, 2.24) is 0 Å². The van der Waals surface area contributed by atoms with Gasteiger partial charge in [0, 0.05) is 30.8 Å². The number of unbranched alkanes of at least 4 members (excludes halogenated alkanes) is 1. The molecule has 84 valence electrons. The SMILES string of the molecule is CSc1ccc(N(C)CCCCO)cc1. The van der Waals surface area contributed by atoms with Crippen LogP contribution in [0.25, 0.3) is 0 Å². The van der Waals surface area contributed by atoms with Gasteiger partial charge in [0.15, 0.2) is 0 Å². The second-order valence-corrected chi connectivity index (χ2v) is 4.43. The molecule has 15 heavy (non-hydrogen) atoms. The lowest BCUT2D eigenvalue weighted by Gasteiger charge is -2.19. The largest absolute Gasteiger partial charge is 0.396 e. The van der Waals surface area contributed by atoms with Crippen LogP contribution >= 0.6 is 11.8 Å². The van der Waals surface area contributed by atoms with Crippen molar-refractivity contribution in [3.8, 4) is 0 Å². The lowest BCUT2D eigenvalue weighted by Crippen LogP contribution is -2.18. The molecule has 0 aliphatic carbocycles. The Morgan fingerprint density at radius 2 is 1.87 bits per heavy atom. The molecule has 0 fully saturated rings. The summed E-state index contributed by atoms with van der Waals surface area (Å²) in [6.07, 6.45) is 4.00. The number of anilines is 1. The minimum atomic E-state index is 0.291. The highest BCUT2D eigenvalue weighted by Gasteiger charge is 1.99. The van der Waals surface area contributed by atoms with Gasteiger partial charge in [0.25, 0.3) is 0 Å². The summed E-state index contributed by atoms with van der Waals surface area (Å²) in [4.78, 5) is 3.52. The van der Waals surface area contributed by atoms with Crippen molar-refractivity contribution in [2.24, 2.45) is 0 Å². The molecule has 1 rings (SSSR count). The highest BCUT2D eigenvalue weighted by atomic mass is 32.2. The van der Waals surface area contributed by atoms with E-state index in [4.69, 9.17) is 5.11 Å². The van der Waals surface area contributed by atoms with Crippen molar-refractivity contribution in [3.05, 3.63) is 24.3 Å². The minimum Gasteiger partial charge on any atom is -0.396 e. The number of thioether (sulfide) groups is 1. The first kappa shape index (κ1) is 12.4. The number of nitrogens with zero attached hydrogens (tertiary/aromatic N) is 1. The zero-order valence-corrected chi connectivity index (χ0v) is 10.3. The van der Waals surface area contributed by atoms with Crippen LogP contribution in [-0.2, 0) is 0 Å². The highest BCUT2D eigenvalue weighted by molar-refractivity contribution is 7.98. The van der Waals surface area contributed by atoms with E-state index in [1.807, 2.05) is 0 Å². The zero-order chi connectivity index (χ0) is 11.1. The standard InChI is InChI=1S/C12H19NOS/c1-13(9-3-4-10-14)11-5-7-12(15-2)8-6-11/h5-8,14H,3-4,9-10H2,1-2H3. The maximum absolute atomic E-state index is 8.70. The lowest BCUT2D eigenvalue weighted by molar-refractivity contribution is 0.285. The summed E-state index contributed by atoms with van der Waals surface area (Å²) in [5.74, 6) is 0. The predicted octanol–water partition coefficient (Wildman–Crippen LogP) is 2.62. The summed E-state index contributed by atoms with van der Waals surface area (Å²) in [6, 6.07) is 8.57. The molecule has 0 saturated carbocycles. The van der Waals surface area contributed by atoms with Crippen LogP contribution in [0, 0.1) is 0 Å². The molecular weight excluding hydrogens is 206 g/mol. The second kappa shape index (κ2) is 6.75. The molecule has 0 bridgehead atoms. The van der Waals surface area contributed by atoms with Crippen molar-refractivity contribution < 1.29 is 5.11 Å². The van der Waals surface area contributed by atoms with Crippen molar-refractivity contribution in [2.75, 3.05) is 31.4 Å². The second-order valence-electron chi connectivity index (χ2n) is 3.55. The molecule has 1 aromatic rings. The smallest absolute Gasteiger partial charge is 0.0431 e. The Hall–Kier alpha value is -0.670. The van der Waals surface area contributed by atoms with E-state index in [0.717, 1.165) is 19.4 Å². The molecule has 0 aromatic heterocycles. The minimum absolute atomic E-state index is 0.291. The van der Waals surface area contributed by atoms with Gasteiger partial charge in [-0.3, -0.25) is 0 Å². The molecule has 1 N–H and O–H groups in total. The quantitative estimate of drug-likeness (QED) is 0.594. The average molecular weight is 225 g/mol. The average Bonchev–Trinajstić information content (AvgIpc) is 2.29. The fourth-order valence-electron chi connectivity index (χ4n) is 1.43. The van der Waals surface area contributed by atoms with Gasteiger partial charge in [0.2, 0.25) is 0 Å². The van der Waals surface area contributed by atoms with Gasteiger partial charge in [0.05, 0.1) is 0 Å². The van der Waals surface area contributed by atoms with Crippen molar-refractivity contribution in [3.63, 3.8) is 0 Å². The highest BCUT2D eigenvalue weighted by Crippen LogP contribution is 2.19. The number of hydrogen-bond donors (Lipinski definition) is 1. The summed E-state index contributed by atoms with van der Waals surface area (Å²) >= 11 is 1.76. The van der Waals surface area contributed by atoms with E-state index in [1.165, 1.54) is 10.6 Å². The van der Waals surface area contributed by atoms with Crippen LogP contribution in [0.3, 0.4) is 0 Å². The van der Waals surface area contributed by atoms with Gasteiger partial charge >= 0.3 is 0 Å². The van der Waals surface area contributed by atoms with Crippen LogP contribution in [0.15, 0.2) is 29.2 Å². The summed E-state index contributed by atoms with van der Waals surface area (Å²) < 4.78 is 0. The lowest BCUT2D eigenvalue weighted by atomic mass is 10.2. The summed E-state index contributed by atoms with van der Waals surface area (Å²) in [5.41, 5.74) is 1.24. The molecular formula is C12H19NOS. The molecule has 0 amide bonds. The van der Waals surface area contributed by atoms with Crippen molar-refractivity contribution in [2.45, 2.75) is 17.7 Å². The summed E-state index contributed by atoms with van der Waals surface area (Å²) in [5, 5.41) is 8.70. The summed E-state index contributed by atoms with van der Waals surface area (Å²) in [7, 11) is 2.09. The van der Waals surface area contributed by atoms with Crippen LogP contribution in [0.4, 0.5) is 5.69 Å². The Balaban J connectivity index is 2.46. The monoisotopic (exact) mass is 225 g/mol. The van der Waals surface area contributed by atoms with Crippen LogP contribution in [0.2, 0.25) is 0 Å². The fourth-order valence-corrected chi connectivity index (χ4v) is 1.83. The Bertz CT molecular complexity index is 273. The third-order valence-corrected chi connectivity index (χ3v) is 3.16. The predicted molar refractivity (Wildman–Crippen MR) is 67.8 cm³/mol. The number of hydrogen-bond acceptors (Lipinski definition) is 3. The van der Waals surface area contributed by atoms with Gasteiger partial charge in [-0.1, -0.05) is 0 Å². The first-order valence-corrected chi connectivity index (χ1v) is 6.46. The molecule has 0 unspecified atom stereocenters. The first-order valence-electron chi connectivity index (χ1n) is 5.24. The third kappa shape index (κ3) is 4.14. The molecule has 0 aliphatic rings. The number of aliphatic hydroxyl groups excluding tert-OH is 1. The topological polar surface area (TPSA) is 23.5 Å². The fraction of sp³-hybridized carbons (Fsp3) is 0.500. The maximum Gasteiger partial charge on any atom is 0.0431 e. The third-order valence-electron chi connectivity index (χ3n) is 2.41. The van der Waals surface area contributed by atoms with E-state index in [0.29, 0.717) is 6.61 Å². The molecule has 2 nitrogen and oxygen atoms in total. The van der Waals surface area contributed by atoms with Crippen LogP contribution in [0.5, 0.6) is 0 Å². The van der Waals surface area contributed by atoms with E-state index in [9.17, 15) is 0 Å². The molecule has 0 spiro atoms. The van der Waals surface area contributed by atoms with Gasteiger partial charge in [-0.05, 0) is 43.4 Å². The number of benzene rings is 1. The maximum atomic E-state index is 8.70. The van der Waals surface area contributed by atoms with Gasteiger partial charge in [0.1, 0.15) is 0 Å². The number of rotatable bonds is 6. The van der Waals surface area contributed by atoms with Crippen LogP contribution in [0.1, 0.15) is 12.8 Å². The van der Waals surface area contributed by atoms with E-state index in [1.54, 1.807) is 11.8 Å². The van der Waals surface area contributed by atoms with Crippen molar-refractivity contribution >= 4 is 17.4 Å². The zero-order valence-electron chi connectivity index (χ0n) is 9.44. The first-order chi connectivity index (χ1) is 7.27. The number of aliphatic hydroxyl groups is 1. The molecule has 0 aliphatic heterocycles. The Labute approximate surface area is 96.3 Å². The van der Waals surface area contributed by atoms with E-state index >= 15 is 0 Å². The van der Waals surface area contributed by atoms with Crippen molar-refractivity contribution in [1.29, 1.82) is 0 Å².